The van der Waals surface area contributed by atoms with Gasteiger partial charge in [0.25, 0.3) is 6.47 Å². The SMILES string of the molecule is CC(=N)C(=N)C=O.CNc1ccc2c(c1)CCC2.Cc1cccc(-c2cccc(N)c2O)c1.O=CO. The van der Waals surface area contributed by atoms with Crippen LogP contribution >= 0.6 is 0 Å². The van der Waals surface area contributed by atoms with E-state index in [0.717, 1.165) is 16.7 Å². The minimum Gasteiger partial charge on any atom is -0.505 e. The smallest absolute Gasteiger partial charge is 0.290 e. The molecule has 0 unspecified atom stereocenters. The first-order valence-electron chi connectivity index (χ1n) is 11.3. The first-order valence-corrected chi connectivity index (χ1v) is 11.3. The molecule has 0 bridgehead atoms. The van der Waals surface area contributed by atoms with E-state index in [2.05, 4.69) is 23.5 Å². The zero-order chi connectivity index (χ0) is 27.1. The number of carboxylic acid groups (broad SMARTS) is 1. The molecule has 3 aromatic carbocycles. The Morgan fingerprint density at radius 3 is 2.19 bits per heavy atom. The van der Waals surface area contributed by atoms with Gasteiger partial charge in [-0.05, 0) is 68.0 Å². The van der Waals surface area contributed by atoms with Crippen LogP contribution in [0.2, 0.25) is 0 Å². The van der Waals surface area contributed by atoms with Crippen molar-refractivity contribution in [1.29, 1.82) is 10.8 Å². The molecule has 0 atom stereocenters. The maximum Gasteiger partial charge on any atom is 0.290 e. The van der Waals surface area contributed by atoms with Crippen molar-refractivity contribution in [3.8, 4) is 16.9 Å². The highest BCUT2D eigenvalue weighted by molar-refractivity contribution is 6.59. The maximum absolute atomic E-state index is 9.82. The summed E-state index contributed by atoms with van der Waals surface area (Å²) in [4.78, 5) is 17.9. The van der Waals surface area contributed by atoms with Gasteiger partial charge in [0.1, 0.15) is 11.5 Å². The fourth-order valence-corrected chi connectivity index (χ4v) is 3.42. The van der Waals surface area contributed by atoms with Gasteiger partial charge < -0.3 is 26.7 Å². The van der Waals surface area contributed by atoms with Gasteiger partial charge in [-0.2, -0.15) is 0 Å². The fourth-order valence-electron chi connectivity index (χ4n) is 3.42. The number of benzene rings is 3. The van der Waals surface area contributed by atoms with Gasteiger partial charge in [-0.15, -0.1) is 0 Å². The van der Waals surface area contributed by atoms with Crippen molar-refractivity contribution >= 4 is 35.6 Å². The zero-order valence-corrected chi connectivity index (χ0v) is 20.8. The van der Waals surface area contributed by atoms with Crippen LogP contribution in [0.1, 0.15) is 30.0 Å². The molecule has 0 radical (unpaired) electrons. The lowest BCUT2D eigenvalue weighted by Crippen LogP contribution is -2.07. The molecular weight excluding hydrogens is 456 g/mol. The van der Waals surface area contributed by atoms with Crippen LogP contribution in [-0.2, 0) is 22.4 Å². The highest BCUT2D eigenvalue weighted by Gasteiger charge is 2.09. The van der Waals surface area contributed by atoms with E-state index in [-0.39, 0.29) is 23.6 Å². The number of anilines is 2. The van der Waals surface area contributed by atoms with Crippen molar-refractivity contribution in [2.24, 2.45) is 0 Å². The number of carbonyl (C=O) groups excluding carboxylic acids is 1. The van der Waals surface area contributed by atoms with E-state index < -0.39 is 0 Å². The molecule has 4 rings (SSSR count). The average Bonchev–Trinajstić information content (AvgIpc) is 3.34. The number of carbonyl (C=O) groups is 2. The molecule has 0 saturated heterocycles. The van der Waals surface area contributed by atoms with Crippen molar-refractivity contribution in [1.82, 2.24) is 0 Å². The van der Waals surface area contributed by atoms with Crippen LogP contribution in [-0.4, -0.2) is 41.4 Å². The minimum atomic E-state index is -0.250. The number of hydrogen-bond donors (Lipinski definition) is 6. The highest BCUT2D eigenvalue weighted by atomic mass is 16.3. The van der Waals surface area contributed by atoms with E-state index in [1.54, 1.807) is 11.6 Å². The van der Waals surface area contributed by atoms with Crippen LogP contribution in [0.15, 0.2) is 60.7 Å². The first-order chi connectivity index (χ1) is 17.2. The third-order valence-electron chi connectivity index (χ3n) is 5.31. The topological polar surface area (TPSA) is 160 Å². The van der Waals surface area contributed by atoms with E-state index >= 15 is 0 Å². The predicted molar refractivity (Wildman–Crippen MR) is 147 cm³/mol. The lowest BCUT2D eigenvalue weighted by molar-refractivity contribution is -0.122. The van der Waals surface area contributed by atoms with Gasteiger partial charge in [-0.3, -0.25) is 15.0 Å². The van der Waals surface area contributed by atoms with Crippen LogP contribution < -0.4 is 11.1 Å². The van der Waals surface area contributed by atoms with Crippen molar-refractivity contribution in [3.05, 3.63) is 77.4 Å². The molecule has 8 heteroatoms. The van der Waals surface area contributed by atoms with Gasteiger partial charge in [-0.25, -0.2) is 0 Å². The molecule has 0 saturated carbocycles. The number of nitrogens with two attached hydrogens (primary N) is 1. The van der Waals surface area contributed by atoms with E-state index in [1.165, 1.54) is 37.4 Å². The molecule has 1 aliphatic carbocycles. The lowest BCUT2D eigenvalue weighted by atomic mass is 10.0. The number of aryl methyl sites for hydroxylation is 3. The number of hydrogen-bond acceptors (Lipinski definition) is 7. The average molecular weight is 491 g/mol. The summed E-state index contributed by atoms with van der Waals surface area (Å²) >= 11 is 0. The second-order valence-corrected chi connectivity index (χ2v) is 7.96. The summed E-state index contributed by atoms with van der Waals surface area (Å²) in [6, 6.07) is 20.0. The number of nitrogen functional groups attached to an aromatic ring is 1. The molecule has 0 fully saturated rings. The quantitative estimate of drug-likeness (QED) is 0.129. The fraction of sp³-hybridized carbons (Fsp3) is 0.214. The van der Waals surface area contributed by atoms with Gasteiger partial charge in [0, 0.05) is 18.3 Å². The van der Waals surface area contributed by atoms with E-state index in [1.807, 2.05) is 50.4 Å². The summed E-state index contributed by atoms with van der Waals surface area (Å²) in [6.45, 7) is 3.17. The summed E-state index contributed by atoms with van der Waals surface area (Å²) in [5, 5.41) is 33.1. The summed E-state index contributed by atoms with van der Waals surface area (Å²) in [5.41, 5.74) is 13.1. The Morgan fingerprint density at radius 2 is 1.64 bits per heavy atom. The second-order valence-electron chi connectivity index (χ2n) is 7.96. The molecule has 0 heterocycles. The molecule has 0 amide bonds. The highest BCUT2D eigenvalue weighted by Crippen LogP contribution is 2.33. The van der Waals surface area contributed by atoms with Crippen molar-refractivity contribution in [2.45, 2.75) is 33.1 Å². The summed E-state index contributed by atoms with van der Waals surface area (Å²) in [5.74, 6) is 0.156. The Kier molecular flexibility index (Phi) is 12.7. The summed E-state index contributed by atoms with van der Waals surface area (Å²) in [6.07, 6.45) is 4.23. The summed E-state index contributed by atoms with van der Waals surface area (Å²) in [7, 11) is 1.97. The van der Waals surface area contributed by atoms with Gasteiger partial charge >= 0.3 is 0 Å². The number of para-hydroxylation sites is 1. The largest absolute Gasteiger partial charge is 0.505 e. The molecule has 7 N–H and O–H groups in total. The number of aromatic hydroxyl groups is 1. The van der Waals surface area contributed by atoms with E-state index in [4.69, 9.17) is 26.5 Å². The minimum absolute atomic E-state index is 0.00926. The molecule has 190 valence electrons. The Balaban J connectivity index is 0.000000272. The monoisotopic (exact) mass is 490 g/mol. The second kappa shape index (κ2) is 15.4. The first kappa shape index (κ1) is 29.6. The lowest BCUT2D eigenvalue weighted by Gasteiger charge is -2.07. The Morgan fingerprint density at radius 1 is 1.00 bits per heavy atom. The third-order valence-corrected chi connectivity index (χ3v) is 5.31. The van der Waals surface area contributed by atoms with Crippen LogP contribution in [0.3, 0.4) is 0 Å². The standard InChI is InChI=1S/C13H13NO.C10H13N.C4H6N2O.CH2O2/c1-9-4-2-5-10(8-9)11-6-3-7-12(14)13(11)15;1-11-10-6-5-8-3-2-4-9(8)7-10;1-3(5)4(6)2-7;2-1-3/h2-8,15H,14H2,1H3;5-7,11H,2-4H2,1H3;2,5-6H,1H3;1H,(H,2,3). The molecule has 8 nitrogen and oxygen atoms in total. The molecular formula is C28H34N4O4. The van der Waals surface area contributed by atoms with Gasteiger partial charge in [-0.1, -0.05) is 48.0 Å². The van der Waals surface area contributed by atoms with Crippen molar-refractivity contribution < 1.29 is 19.8 Å². The van der Waals surface area contributed by atoms with Gasteiger partial charge in [0.2, 0.25) is 0 Å². The third kappa shape index (κ3) is 9.42. The van der Waals surface area contributed by atoms with Crippen LogP contribution in [0.25, 0.3) is 11.1 Å². The van der Waals surface area contributed by atoms with E-state index in [0.29, 0.717) is 12.0 Å². The normalized spacial score (nSPS) is 10.5. The molecule has 36 heavy (non-hydrogen) atoms. The molecule has 0 aromatic heterocycles. The Bertz CT molecular complexity index is 1190. The van der Waals surface area contributed by atoms with E-state index in [9.17, 15) is 9.90 Å². The maximum atomic E-state index is 9.82. The molecule has 0 spiro atoms. The molecule has 3 aromatic rings. The van der Waals surface area contributed by atoms with Crippen LogP contribution in [0.4, 0.5) is 11.4 Å². The van der Waals surface area contributed by atoms with Crippen LogP contribution in [0, 0.1) is 17.7 Å². The zero-order valence-electron chi connectivity index (χ0n) is 20.8. The van der Waals surface area contributed by atoms with Gasteiger partial charge in [0.05, 0.1) is 11.4 Å². The predicted octanol–water partition coefficient (Wildman–Crippen LogP) is 5.11. The van der Waals surface area contributed by atoms with Crippen molar-refractivity contribution in [3.63, 3.8) is 0 Å². The number of nitrogens with one attached hydrogen (secondary N) is 3. The number of phenolic OH excluding ortho intramolecular Hbond substituents is 1. The van der Waals surface area contributed by atoms with Gasteiger partial charge in [0.15, 0.2) is 6.29 Å². The Hall–Kier alpha value is -4.46. The summed E-state index contributed by atoms with van der Waals surface area (Å²) < 4.78 is 0. The number of rotatable bonds is 4. The van der Waals surface area contributed by atoms with Crippen molar-refractivity contribution in [2.75, 3.05) is 18.1 Å². The van der Waals surface area contributed by atoms with Crippen LogP contribution in [0.5, 0.6) is 5.75 Å². The molecule has 0 aliphatic heterocycles. The Labute approximate surface area is 211 Å². The molecule has 1 aliphatic rings. The number of fused-ring (bicyclic) bond motifs is 1. The number of phenols is 1. The number of aldehydes is 1.